The largest absolute Gasteiger partial charge is 0.346 e. The predicted molar refractivity (Wildman–Crippen MR) is 92.1 cm³/mol. The zero-order chi connectivity index (χ0) is 18.0. The van der Waals surface area contributed by atoms with Gasteiger partial charge in [0.25, 0.3) is 5.56 Å². The van der Waals surface area contributed by atoms with Crippen LogP contribution < -0.4 is 10.9 Å². The number of carbonyl (C=O) groups is 1. The maximum atomic E-state index is 12.4. The zero-order valence-corrected chi connectivity index (χ0v) is 14.4. The predicted octanol–water partition coefficient (Wildman–Crippen LogP) is 1.17. The number of aromatic nitrogens is 5. The van der Waals surface area contributed by atoms with Crippen molar-refractivity contribution < 1.29 is 4.79 Å². The maximum Gasteiger partial charge on any atom is 0.267 e. The Kier molecular flexibility index (Phi) is 4.60. The first-order valence-corrected chi connectivity index (χ1v) is 8.12. The monoisotopic (exact) mass is 340 g/mol. The summed E-state index contributed by atoms with van der Waals surface area (Å²) >= 11 is 0. The van der Waals surface area contributed by atoms with E-state index in [1.807, 2.05) is 39.2 Å². The second-order valence-corrected chi connectivity index (χ2v) is 5.93. The van der Waals surface area contributed by atoms with Crippen LogP contribution in [0.3, 0.4) is 0 Å². The summed E-state index contributed by atoms with van der Waals surface area (Å²) in [6, 6.07) is 3.05. The molecular formula is C17H20N6O2. The maximum absolute atomic E-state index is 12.4. The van der Waals surface area contributed by atoms with Crippen LogP contribution in [0.4, 0.5) is 0 Å². The number of carbonyl (C=O) groups excluding carboxylic acids is 1. The molecule has 0 bridgehead atoms. The van der Waals surface area contributed by atoms with Crippen molar-refractivity contribution >= 4 is 11.7 Å². The molecule has 1 amide bonds. The Balaban J connectivity index is 1.76. The van der Waals surface area contributed by atoms with Crippen LogP contribution >= 0.6 is 0 Å². The lowest BCUT2D eigenvalue weighted by molar-refractivity contribution is -0.122. The SMILES string of the molecule is CCC(NC(=O)Cn1nc(C)c(C)cc1=O)c1cn2cccnc2n1. The average Bonchev–Trinajstić information content (AvgIpc) is 3.01. The molecule has 0 aliphatic heterocycles. The van der Waals surface area contributed by atoms with Gasteiger partial charge in [0.15, 0.2) is 0 Å². The smallest absolute Gasteiger partial charge is 0.267 e. The summed E-state index contributed by atoms with van der Waals surface area (Å²) < 4.78 is 2.98. The van der Waals surface area contributed by atoms with Gasteiger partial charge in [-0.15, -0.1) is 0 Å². The highest BCUT2D eigenvalue weighted by Crippen LogP contribution is 2.15. The Morgan fingerprint density at radius 1 is 1.36 bits per heavy atom. The van der Waals surface area contributed by atoms with Crippen LogP contribution in [0.5, 0.6) is 0 Å². The minimum Gasteiger partial charge on any atom is -0.346 e. The second kappa shape index (κ2) is 6.84. The molecule has 3 aromatic rings. The molecule has 130 valence electrons. The van der Waals surface area contributed by atoms with E-state index in [1.54, 1.807) is 10.6 Å². The number of hydrogen-bond acceptors (Lipinski definition) is 5. The van der Waals surface area contributed by atoms with E-state index in [2.05, 4.69) is 20.4 Å². The lowest BCUT2D eigenvalue weighted by Crippen LogP contribution is -2.36. The van der Waals surface area contributed by atoms with E-state index in [-0.39, 0.29) is 24.1 Å². The summed E-state index contributed by atoms with van der Waals surface area (Å²) in [5.41, 5.74) is 1.98. The van der Waals surface area contributed by atoms with Crippen LogP contribution in [-0.4, -0.2) is 30.1 Å². The van der Waals surface area contributed by atoms with E-state index in [0.717, 1.165) is 17.0 Å². The van der Waals surface area contributed by atoms with Gasteiger partial charge in [-0.05, 0) is 31.9 Å². The van der Waals surface area contributed by atoms with Gasteiger partial charge in [0.2, 0.25) is 11.7 Å². The molecule has 0 radical (unpaired) electrons. The molecule has 3 aromatic heterocycles. The van der Waals surface area contributed by atoms with E-state index in [0.29, 0.717) is 12.2 Å². The third-order valence-corrected chi connectivity index (χ3v) is 4.08. The van der Waals surface area contributed by atoms with Crippen molar-refractivity contribution in [3.63, 3.8) is 0 Å². The van der Waals surface area contributed by atoms with Gasteiger partial charge >= 0.3 is 0 Å². The van der Waals surface area contributed by atoms with Gasteiger partial charge in [0.1, 0.15) is 6.54 Å². The zero-order valence-electron chi connectivity index (χ0n) is 14.4. The van der Waals surface area contributed by atoms with Gasteiger partial charge in [-0.25, -0.2) is 14.6 Å². The number of hydrogen-bond donors (Lipinski definition) is 1. The lowest BCUT2D eigenvalue weighted by Gasteiger charge is -2.15. The van der Waals surface area contributed by atoms with Crippen molar-refractivity contribution in [3.05, 3.63) is 58.0 Å². The third-order valence-electron chi connectivity index (χ3n) is 4.08. The van der Waals surface area contributed by atoms with Gasteiger partial charge in [-0.3, -0.25) is 14.0 Å². The molecule has 1 atom stereocenters. The van der Waals surface area contributed by atoms with E-state index >= 15 is 0 Å². The molecule has 3 rings (SSSR count). The van der Waals surface area contributed by atoms with Gasteiger partial charge in [-0.1, -0.05) is 6.92 Å². The first-order valence-electron chi connectivity index (χ1n) is 8.12. The highest BCUT2D eigenvalue weighted by molar-refractivity contribution is 5.76. The minimum atomic E-state index is -0.289. The Morgan fingerprint density at radius 3 is 2.88 bits per heavy atom. The molecule has 1 unspecified atom stereocenters. The molecule has 25 heavy (non-hydrogen) atoms. The van der Waals surface area contributed by atoms with Crippen LogP contribution in [-0.2, 0) is 11.3 Å². The lowest BCUT2D eigenvalue weighted by atomic mass is 10.1. The Morgan fingerprint density at radius 2 is 2.16 bits per heavy atom. The number of nitrogens with one attached hydrogen (secondary N) is 1. The molecule has 8 nitrogen and oxygen atoms in total. The molecule has 0 aromatic carbocycles. The van der Waals surface area contributed by atoms with Crippen LogP contribution in [0.25, 0.3) is 5.78 Å². The van der Waals surface area contributed by atoms with E-state index in [1.165, 1.54) is 10.7 Å². The van der Waals surface area contributed by atoms with E-state index < -0.39 is 0 Å². The summed E-state index contributed by atoms with van der Waals surface area (Å²) in [4.78, 5) is 32.9. The highest BCUT2D eigenvalue weighted by atomic mass is 16.2. The van der Waals surface area contributed by atoms with Gasteiger partial charge in [0.05, 0.1) is 17.4 Å². The molecule has 8 heteroatoms. The quantitative estimate of drug-likeness (QED) is 0.752. The fraction of sp³-hybridized carbons (Fsp3) is 0.353. The van der Waals surface area contributed by atoms with E-state index in [9.17, 15) is 9.59 Å². The summed E-state index contributed by atoms with van der Waals surface area (Å²) in [5.74, 6) is 0.298. The van der Waals surface area contributed by atoms with Crippen molar-refractivity contribution in [1.29, 1.82) is 0 Å². The minimum absolute atomic E-state index is 0.123. The number of imidazole rings is 1. The first-order chi connectivity index (χ1) is 12.0. The van der Waals surface area contributed by atoms with Gasteiger partial charge < -0.3 is 5.32 Å². The van der Waals surface area contributed by atoms with Crippen molar-refractivity contribution in [2.75, 3.05) is 0 Å². The number of aryl methyl sites for hydroxylation is 2. The molecule has 0 aliphatic carbocycles. The molecule has 0 saturated carbocycles. The molecule has 0 saturated heterocycles. The second-order valence-electron chi connectivity index (χ2n) is 5.93. The number of fused-ring (bicyclic) bond motifs is 1. The van der Waals surface area contributed by atoms with Crippen LogP contribution in [0.15, 0.2) is 35.5 Å². The Labute approximate surface area is 144 Å². The van der Waals surface area contributed by atoms with Crippen molar-refractivity contribution in [3.8, 4) is 0 Å². The summed E-state index contributed by atoms with van der Waals surface area (Å²) in [7, 11) is 0. The fourth-order valence-corrected chi connectivity index (χ4v) is 2.56. The molecular weight excluding hydrogens is 320 g/mol. The first kappa shape index (κ1) is 16.8. The molecule has 0 aliphatic rings. The van der Waals surface area contributed by atoms with Gasteiger partial charge in [0, 0.05) is 24.7 Å². The number of nitrogens with zero attached hydrogens (tertiary/aromatic N) is 5. The standard InChI is InChI=1S/C17H20N6O2/c1-4-13(14-9-22-7-5-6-18-17(22)20-14)19-15(24)10-23-16(25)8-11(2)12(3)21-23/h5-9,13H,4,10H2,1-3H3,(H,19,24). The van der Waals surface area contributed by atoms with Crippen LogP contribution in [0.1, 0.15) is 36.3 Å². The Hall–Kier alpha value is -3.03. The molecule has 0 spiro atoms. The molecule has 1 N–H and O–H groups in total. The van der Waals surface area contributed by atoms with Crippen LogP contribution in [0.2, 0.25) is 0 Å². The third kappa shape index (κ3) is 3.57. The summed E-state index contributed by atoms with van der Waals surface area (Å²) in [6.07, 6.45) is 6.04. The number of amides is 1. The van der Waals surface area contributed by atoms with E-state index in [4.69, 9.17) is 0 Å². The average molecular weight is 340 g/mol. The normalized spacial score (nSPS) is 12.3. The van der Waals surface area contributed by atoms with Crippen molar-refractivity contribution in [2.24, 2.45) is 0 Å². The van der Waals surface area contributed by atoms with Gasteiger partial charge in [-0.2, -0.15) is 5.10 Å². The fourth-order valence-electron chi connectivity index (χ4n) is 2.56. The molecule has 3 heterocycles. The van der Waals surface area contributed by atoms with Crippen molar-refractivity contribution in [2.45, 2.75) is 39.8 Å². The number of rotatable bonds is 5. The van der Waals surface area contributed by atoms with Crippen LogP contribution in [0, 0.1) is 13.8 Å². The molecule has 0 fully saturated rings. The highest BCUT2D eigenvalue weighted by Gasteiger charge is 2.17. The summed E-state index contributed by atoms with van der Waals surface area (Å²) in [5, 5.41) is 7.08. The Bertz CT molecular complexity index is 942. The van der Waals surface area contributed by atoms with Crippen molar-refractivity contribution in [1.82, 2.24) is 29.5 Å². The summed E-state index contributed by atoms with van der Waals surface area (Å²) in [6.45, 7) is 5.46. The topological polar surface area (TPSA) is 94.2 Å².